The number of carbonyl (C=O) groups excluding carboxylic acids is 1. The summed E-state index contributed by atoms with van der Waals surface area (Å²) < 4.78 is 20.0. The minimum Gasteiger partial charge on any atom is -0.497 e. The molecule has 39 heavy (non-hydrogen) atoms. The molecule has 0 bridgehead atoms. The summed E-state index contributed by atoms with van der Waals surface area (Å²) in [6.45, 7) is 6.62. The number of rotatable bonds is 6. The standard InChI is InChI=1S/C31H28Cl2N2O4/c1-4-35-15-20(23-14-22(37-3)7-8-26(23)35)12-28-30(36)29-18(2)11-27-24(31(29)39-28)16-34(17-38-27)10-9-19-5-6-21(32)13-25(19)33/h5-8,11-15H,4,9-10,16-17H2,1-3H3/b28-12+. The summed E-state index contributed by atoms with van der Waals surface area (Å²) in [6, 6.07) is 13.5. The smallest absolute Gasteiger partial charge is 0.232 e. The predicted octanol–water partition coefficient (Wildman–Crippen LogP) is 7.30. The van der Waals surface area contributed by atoms with Gasteiger partial charge in [0.2, 0.25) is 5.78 Å². The molecule has 2 aliphatic heterocycles. The average Bonchev–Trinajstić information content (AvgIpc) is 3.45. The Balaban J connectivity index is 1.30. The van der Waals surface area contributed by atoms with E-state index in [1.807, 2.05) is 55.6 Å². The first-order valence-corrected chi connectivity index (χ1v) is 13.7. The maximum absolute atomic E-state index is 13.6. The summed E-state index contributed by atoms with van der Waals surface area (Å²) in [4.78, 5) is 15.8. The van der Waals surface area contributed by atoms with E-state index in [1.165, 1.54) is 0 Å². The van der Waals surface area contributed by atoms with Crippen LogP contribution < -0.4 is 14.2 Å². The predicted molar refractivity (Wildman–Crippen MR) is 154 cm³/mol. The Hall–Kier alpha value is -3.45. The normalized spacial score (nSPS) is 15.8. The maximum atomic E-state index is 13.6. The van der Waals surface area contributed by atoms with Crippen molar-refractivity contribution in [3.05, 3.63) is 92.3 Å². The molecule has 3 heterocycles. The van der Waals surface area contributed by atoms with Crippen LogP contribution in [0.5, 0.6) is 17.2 Å². The van der Waals surface area contributed by atoms with Crippen molar-refractivity contribution in [2.24, 2.45) is 0 Å². The van der Waals surface area contributed by atoms with Gasteiger partial charge >= 0.3 is 0 Å². The Morgan fingerprint density at radius 3 is 2.74 bits per heavy atom. The maximum Gasteiger partial charge on any atom is 0.232 e. The van der Waals surface area contributed by atoms with Gasteiger partial charge in [-0.1, -0.05) is 29.3 Å². The number of hydrogen-bond donors (Lipinski definition) is 0. The third kappa shape index (κ3) is 4.67. The Labute approximate surface area is 237 Å². The molecule has 2 aliphatic rings. The van der Waals surface area contributed by atoms with Gasteiger partial charge in [0.25, 0.3) is 0 Å². The number of fused-ring (bicyclic) bond motifs is 4. The van der Waals surface area contributed by atoms with Gasteiger partial charge in [0.1, 0.15) is 24.0 Å². The van der Waals surface area contributed by atoms with E-state index in [0.717, 1.165) is 64.2 Å². The van der Waals surface area contributed by atoms with Crippen LogP contribution in [0.25, 0.3) is 17.0 Å². The summed E-state index contributed by atoms with van der Waals surface area (Å²) in [6.07, 6.45) is 4.64. The molecule has 0 saturated carbocycles. The zero-order valence-corrected chi connectivity index (χ0v) is 23.5. The highest BCUT2D eigenvalue weighted by Gasteiger charge is 2.35. The second-order valence-corrected chi connectivity index (χ2v) is 10.7. The monoisotopic (exact) mass is 562 g/mol. The molecule has 0 atom stereocenters. The molecule has 3 aromatic carbocycles. The van der Waals surface area contributed by atoms with Gasteiger partial charge < -0.3 is 18.8 Å². The SMILES string of the molecule is CCn1cc(/C=C2/Oc3c4c(cc(C)c3C2=O)OCN(CCc2ccc(Cl)cc2Cl)C4)c2cc(OC)ccc21. The van der Waals surface area contributed by atoms with E-state index in [0.29, 0.717) is 40.4 Å². The number of aromatic nitrogens is 1. The summed E-state index contributed by atoms with van der Waals surface area (Å²) in [5.41, 5.74) is 5.34. The van der Waals surface area contributed by atoms with Crippen LogP contribution in [0.15, 0.2) is 54.4 Å². The van der Waals surface area contributed by atoms with Crippen molar-refractivity contribution in [1.82, 2.24) is 9.47 Å². The quantitative estimate of drug-likeness (QED) is 0.231. The molecule has 6 rings (SSSR count). The van der Waals surface area contributed by atoms with Crippen LogP contribution in [-0.2, 0) is 19.5 Å². The van der Waals surface area contributed by atoms with Crippen molar-refractivity contribution in [3.8, 4) is 17.2 Å². The zero-order valence-electron chi connectivity index (χ0n) is 22.0. The Bertz CT molecular complexity index is 1660. The van der Waals surface area contributed by atoms with Gasteiger partial charge in [-0.25, -0.2) is 0 Å². The number of carbonyl (C=O) groups is 1. The van der Waals surface area contributed by atoms with Crippen LogP contribution in [0.4, 0.5) is 0 Å². The minimum absolute atomic E-state index is 0.115. The second kappa shape index (κ2) is 10.3. The largest absolute Gasteiger partial charge is 0.497 e. The molecule has 0 amide bonds. The molecule has 0 unspecified atom stereocenters. The van der Waals surface area contributed by atoms with Gasteiger partial charge in [-0.15, -0.1) is 0 Å². The molecule has 0 fully saturated rings. The minimum atomic E-state index is -0.115. The van der Waals surface area contributed by atoms with Gasteiger partial charge in [-0.3, -0.25) is 9.69 Å². The molecular formula is C31H28Cl2N2O4. The summed E-state index contributed by atoms with van der Waals surface area (Å²) >= 11 is 12.4. The Kier molecular flexibility index (Phi) is 6.79. The lowest BCUT2D eigenvalue weighted by Crippen LogP contribution is -2.34. The Morgan fingerprint density at radius 1 is 1.13 bits per heavy atom. The Morgan fingerprint density at radius 2 is 1.97 bits per heavy atom. The molecular weight excluding hydrogens is 535 g/mol. The highest BCUT2D eigenvalue weighted by Crippen LogP contribution is 2.44. The molecule has 6 nitrogen and oxygen atoms in total. The first-order valence-electron chi connectivity index (χ1n) is 12.9. The number of nitrogens with zero attached hydrogens (tertiary/aromatic N) is 2. The van der Waals surface area contributed by atoms with Gasteiger partial charge in [-0.2, -0.15) is 0 Å². The fourth-order valence-corrected chi connectivity index (χ4v) is 5.87. The van der Waals surface area contributed by atoms with E-state index in [9.17, 15) is 4.79 Å². The summed E-state index contributed by atoms with van der Waals surface area (Å²) in [5, 5.41) is 2.28. The van der Waals surface area contributed by atoms with Crippen LogP contribution in [0.3, 0.4) is 0 Å². The van der Waals surface area contributed by atoms with Crippen molar-refractivity contribution in [3.63, 3.8) is 0 Å². The highest BCUT2D eigenvalue weighted by atomic mass is 35.5. The van der Waals surface area contributed by atoms with E-state index in [-0.39, 0.29) is 5.78 Å². The number of Topliss-reactive ketones (excluding diaryl/α,β-unsaturated/α-hetero) is 1. The third-order valence-electron chi connectivity index (χ3n) is 7.45. The highest BCUT2D eigenvalue weighted by molar-refractivity contribution is 6.35. The lowest BCUT2D eigenvalue weighted by Gasteiger charge is -2.30. The molecule has 0 radical (unpaired) electrons. The van der Waals surface area contributed by atoms with E-state index >= 15 is 0 Å². The van der Waals surface area contributed by atoms with Crippen LogP contribution in [-0.4, -0.2) is 35.6 Å². The number of benzene rings is 3. The molecule has 0 spiro atoms. The van der Waals surface area contributed by atoms with Crippen LogP contribution in [0, 0.1) is 6.92 Å². The fraction of sp³-hybridized carbons (Fsp3) is 0.258. The number of methoxy groups -OCH3 is 1. The number of hydrogen-bond acceptors (Lipinski definition) is 5. The van der Waals surface area contributed by atoms with Crippen LogP contribution in [0.2, 0.25) is 10.0 Å². The van der Waals surface area contributed by atoms with Crippen LogP contribution >= 0.6 is 23.2 Å². The van der Waals surface area contributed by atoms with E-state index < -0.39 is 0 Å². The van der Waals surface area contributed by atoms with Crippen molar-refractivity contribution >= 4 is 46.0 Å². The molecule has 8 heteroatoms. The molecule has 0 saturated heterocycles. The van der Waals surface area contributed by atoms with Crippen molar-refractivity contribution in [2.45, 2.75) is 33.4 Å². The number of halogens is 2. The van der Waals surface area contributed by atoms with Gasteiger partial charge in [0.15, 0.2) is 5.76 Å². The first kappa shape index (κ1) is 25.8. The molecule has 0 N–H and O–H groups in total. The first-order chi connectivity index (χ1) is 18.9. The lowest BCUT2D eigenvalue weighted by molar-refractivity contribution is 0.0949. The third-order valence-corrected chi connectivity index (χ3v) is 8.03. The molecule has 4 aromatic rings. The van der Waals surface area contributed by atoms with E-state index in [4.69, 9.17) is 37.4 Å². The van der Waals surface area contributed by atoms with Crippen LogP contribution in [0.1, 0.15) is 39.5 Å². The lowest BCUT2D eigenvalue weighted by atomic mass is 9.98. The number of allylic oxidation sites excluding steroid dienone is 1. The van der Waals surface area contributed by atoms with E-state index in [1.54, 1.807) is 13.2 Å². The topological polar surface area (TPSA) is 52.9 Å². The molecule has 1 aromatic heterocycles. The van der Waals surface area contributed by atoms with E-state index in [2.05, 4.69) is 16.4 Å². The number of aryl methyl sites for hydroxylation is 2. The van der Waals surface area contributed by atoms with Crippen molar-refractivity contribution in [2.75, 3.05) is 20.4 Å². The summed E-state index contributed by atoms with van der Waals surface area (Å²) in [5.74, 6) is 2.31. The van der Waals surface area contributed by atoms with Gasteiger partial charge in [0, 0.05) is 52.3 Å². The molecule has 0 aliphatic carbocycles. The van der Waals surface area contributed by atoms with Crippen molar-refractivity contribution in [1.29, 1.82) is 0 Å². The number of ether oxygens (including phenoxy) is 3. The summed E-state index contributed by atoms with van der Waals surface area (Å²) in [7, 11) is 1.65. The average molecular weight is 563 g/mol. The van der Waals surface area contributed by atoms with Gasteiger partial charge in [-0.05, 0) is 73.9 Å². The van der Waals surface area contributed by atoms with Crippen molar-refractivity contribution < 1.29 is 19.0 Å². The molecule has 200 valence electrons. The fourth-order valence-electron chi connectivity index (χ4n) is 5.37. The second-order valence-electron chi connectivity index (χ2n) is 9.88. The number of ketones is 1. The van der Waals surface area contributed by atoms with Gasteiger partial charge in [0.05, 0.1) is 18.2 Å². The zero-order chi connectivity index (χ0) is 27.3.